The second-order valence-corrected chi connectivity index (χ2v) is 17.2. The fraction of sp³-hybridized carbons (Fsp3) is 0.818. The van der Waals surface area contributed by atoms with E-state index in [1.807, 2.05) is 27.2 Å². The lowest BCUT2D eigenvalue weighted by Crippen LogP contribution is -2.37. The van der Waals surface area contributed by atoms with Crippen LogP contribution in [0.2, 0.25) is 0 Å². The van der Waals surface area contributed by atoms with E-state index in [0.29, 0.717) is 17.4 Å². The van der Waals surface area contributed by atoms with Crippen molar-refractivity contribution in [2.75, 3.05) is 47.5 Å². The Morgan fingerprint density at radius 3 is 1.56 bits per heavy atom. The molecular weight excluding hydrogens is 701 g/mol. The molecule has 9 nitrogen and oxygen atoms in total. The number of nitrogens with zero attached hydrogens (tertiary/aromatic N) is 1. The van der Waals surface area contributed by atoms with Gasteiger partial charge in [0.1, 0.15) is 19.8 Å². The molecule has 0 fully saturated rings. The number of ether oxygens (including phenoxy) is 2. The highest BCUT2D eigenvalue weighted by molar-refractivity contribution is 7.45. The largest absolute Gasteiger partial charge is 0.756 e. The SMILES string of the molecule is C=CCCCCCCCCCCCCCCCC(=O)OC[C@H](COP(=O)([O-])OCC[N+](C)(C)C)OC(=O)CCCCCCC/C=C/C=C/CCCCCC. The normalized spacial score (nSPS) is 13.7. The zero-order valence-corrected chi connectivity index (χ0v) is 36.1. The van der Waals surface area contributed by atoms with Crippen LogP contribution in [0.15, 0.2) is 37.0 Å². The second kappa shape index (κ2) is 36.8. The number of rotatable bonds is 40. The summed E-state index contributed by atoms with van der Waals surface area (Å²) in [5.41, 5.74) is 0. The Labute approximate surface area is 331 Å². The lowest BCUT2D eigenvalue weighted by molar-refractivity contribution is -0.870. The molecule has 0 spiro atoms. The smallest absolute Gasteiger partial charge is 0.306 e. The van der Waals surface area contributed by atoms with Gasteiger partial charge in [0, 0.05) is 12.8 Å². The van der Waals surface area contributed by atoms with Crippen LogP contribution in [-0.2, 0) is 32.7 Å². The standard InChI is InChI=1S/C44H82NO8P/c1-6-8-10-12-14-16-18-20-22-24-26-28-30-32-34-36-43(46)50-40-42(41-52-54(48,49)51-39-38-45(3,4)5)53-44(47)37-35-33-31-29-27-25-23-21-19-17-15-13-11-9-7-2/h6,17,19,21,23,42H,1,7-16,18,20,22,24-41H2,2-5H3/b19-17+,23-21+/t42-/m1/s1. The predicted molar refractivity (Wildman–Crippen MR) is 222 cm³/mol. The molecule has 54 heavy (non-hydrogen) atoms. The number of allylic oxidation sites excluding steroid dienone is 5. The van der Waals surface area contributed by atoms with Crippen LogP contribution in [0.25, 0.3) is 0 Å². The average Bonchev–Trinajstić information content (AvgIpc) is 3.12. The Morgan fingerprint density at radius 2 is 1.07 bits per heavy atom. The average molecular weight is 784 g/mol. The molecule has 0 aromatic rings. The number of likely N-dealkylation sites (N-methyl/N-ethyl adjacent to an activating group) is 1. The summed E-state index contributed by atoms with van der Waals surface area (Å²) in [5, 5.41) is 0. The molecule has 0 amide bonds. The van der Waals surface area contributed by atoms with Gasteiger partial charge in [-0.05, 0) is 51.4 Å². The van der Waals surface area contributed by atoms with E-state index >= 15 is 0 Å². The van der Waals surface area contributed by atoms with Gasteiger partial charge >= 0.3 is 11.9 Å². The maximum atomic E-state index is 12.7. The molecule has 0 aromatic heterocycles. The monoisotopic (exact) mass is 784 g/mol. The topological polar surface area (TPSA) is 111 Å². The first-order valence-electron chi connectivity index (χ1n) is 21.7. The van der Waals surface area contributed by atoms with E-state index in [1.54, 1.807) is 0 Å². The zero-order chi connectivity index (χ0) is 40.0. The van der Waals surface area contributed by atoms with Crippen LogP contribution in [0.3, 0.4) is 0 Å². The third-order valence-corrected chi connectivity index (χ3v) is 10.3. The minimum absolute atomic E-state index is 0.0345. The van der Waals surface area contributed by atoms with Crippen LogP contribution in [0.5, 0.6) is 0 Å². The summed E-state index contributed by atoms with van der Waals surface area (Å²) in [7, 11) is 1.15. The molecule has 0 radical (unpaired) electrons. The number of esters is 2. The number of carbonyl (C=O) groups excluding carboxylic acids is 2. The van der Waals surface area contributed by atoms with Gasteiger partial charge in [0.15, 0.2) is 6.10 Å². The molecule has 0 rings (SSSR count). The van der Waals surface area contributed by atoms with Crippen LogP contribution in [0.4, 0.5) is 0 Å². The number of hydrogen-bond acceptors (Lipinski definition) is 8. The molecule has 0 saturated heterocycles. The van der Waals surface area contributed by atoms with Crippen molar-refractivity contribution < 1.29 is 42.1 Å². The fourth-order valence-corrected chi connectivity index (χ4v) is 6.59. The highest BCUT2D eigenvalue weighted by atomic mass is 31.2. The van der Waals surface area contributed by atoms with Crippen molar-refractivity contribution in [3.8, 4) is 0 Å². The van der Waals surface area contributed by atoms with Crippen molar-refractivity contribution >= 4 is 19.8 Å². The van der Waals surface area contributed by atoms with Gasteiger partial charge in [-0.1, -0.05) is 146 Å². The summed E-state index contributed by atoms with van der Waals surface area (Å²) < 4.78 is 33.9. The quantitative estimate of drug-likeness (QED) is 0.0151. The Balaban J connectivity index is 4.37. The van der Waals surface area contributed by atoms with Crippen molar-refractivity contribution in [3.63, 3.8) is 0 Å². The molecule has 0 N–H and O–H groups in total. The van der Waals surface area contributed by atoms with Gasteiger partial charge in [-0.3, -0.25) is 14.2 Å². The Morgan fingerprint density at radius 1 is 0.630 bits per heavy atom. The zero-order valence-electron chi connectivity index (χ0n) is 35.3. The van der Waals surface area contributed by atoms with E-state index in [4.69, 9.17) is 18.5 Å². The van der Waals surface area contributed by atoms with E-state index in [0.717, 1.165) is 64.2 Å². The van der Waals surface area contributed by atoms with E-state index in [1.165, 1.54) is 89.9 Å². The first kappa shape index (κ1) is 52.2. The van der Waals surface area contributed by atoms with Gasteiger partial charge in [-0.2, -0.15) is 0 Å². The maximum Gasteiger partial charge on any atom is 0.306 e. The van der Waals surface area contributed by atoms with Crippen LogP contribution in [-0.4, -0.2) is 70.0 Å². The molecule has 2 atom stereocenters. The van der Waals surface area contributed by atoms with Crippen molar-refractivity contribution in [1.29, 1.82) is 0 Å². The first-order valence-corrected chi connectivity index (χ1v) is 23.1. The molecule has 10 heteroatoms. The molecule has 0 heterocycles. The molecule has 0 saturated carbocycles. The van der Waals surface area contributed by atoms with Gasteiger partial charge in [0.25, 0.3) is 7.82 Å². The number of phosphoric ester groups is 1. The number of hydrogen-bond donors (Lipinski definition) is 0. The number of unbranched alkanes of at least 4 members (excludes halogenated alkanes) is 22. The minimum Gasteiger partial charge on any atom is -0.756 e. The third-order valence-electron chi connectivity index (χ3n) is 9.31. The summed E-state index contributed by atoms with van der Waals surface area (Å²) in [5.74, 6) is -0.853. The maximum absolute atomic E-state index is 12.7. The predicted octanol–water partition coefficient (Wildman–Crippen LogP) is 11.5. The summed E-state index contributed by atoms with van der Waals surface area (Å²) in [6.45, 7) is 5.71. The van der Waals surface area contributed by atoms with E-state index in [2.05, 4.69) is 37.8 Å². The van der Waals surface area contributed by atoms with E-state index in [-0.39, 0.29) is 26.1 Å². The number of phosphoric acid groups is 1. The Bertz CT molecular complexity index is 1010. The van der Waals surface area contributed by atoms with Gasteiger partial charge < -0.3 is 27.9 Å². The van der Waals surface area contributed by atoms with Crippen molar-refractivity contribution in [2.45, 2.75) is 186 Å². The number of carbonyl (C=O) groups is 2. The molecular formula is C44H82NO8P. The van der Waals surface area contributed by atoms with Gasteiger partial charge in [0.2, 0.25) is 0 Å². The van der Waals surface area contributed by atoms with Crippen molar-refractivity contribution in [3.05, 3.63) is 37.0 Å². The summed E-state index contributed by atoms with van der Waals surface area (Å²) in [4.78, 5) is 37.5. The number of quaternary nitrogens is 1. The third kappa shape index (κ3) is 39.9. The van der Waals surface area contributed by atoms with Crippen LogP contribution in [0, 0.1) is 0 Å². The summed E-state index contributed by atoms with van der Waals surface area (Å²) >= 11 is 0. The minimum atomic E-state index is -4.63. The molecule has 1 unspecified atom stereocenters. The molecule has 0 aromatic carbocycles. The highest BCUT2D eigenvalue weighted by Gasteiger charge is 2.21. The Kier molecular flexibility index (Phi) is 35.6. The van der Waals surface area contributed by atoms with Crippen LogP contribution in [0.1, 0.15) is 180 Å². The molecule has 0 aliphatic heterocycles. The molecule has 0 aliphatic carbocycles. The van der Waals surface area contributed by atoms with Crippen molar-refractivity contribution in [1.82, 2.24) is 0 Å². The highest BCUT2D eigenvalue weighted by Crippen LogP contribution is 2.38. The molecule has 316 valence electrons. The van der Waals surface area contributed by atoms with Crippen LogP contribution >= 0.6 is 7.82 Å². The lowest BCUT2D eigenvalue weighted by atomic mass is 10.0. The fourth-order valence-electron chi connectivity index (χ4n) is 5.86. The van der Waals surface area contributed by atoms with Gasteiger partial charge in [-0.25, -0.2) is 0 Å². The van der Waals surface area contributed by atoms with Crippen LogP contribution < -0.4 is 4.89 Å². The summed E-state index contributed by atoms with van der Waals surface area (Å²) in [6.07, 6.45) is 39.1. The summed E-state index contributed by atoms with van der Waals surface area (Å²) in [6, 6.07) is 0. The van der Waals surface area contributed by atoms with E-state index < -0.39 is 32.5 Å². The Hall–Kier alpha value is -1.77. The first-order chi connectivity index (χ1) is 26.0. The molecule has 0 bridgehead atoms. The second-order valence-electron chi connectivity index (χ2n) is 15.8. The van der Waals surface area contributed by atoms with Gasteiger partial charge in [0.05, 0.1) is 27.7 Å². The van der Waals surface area contributed by atoms with Gasteiger partial charge in [-0.15, -0.1) is 6.58 Å². The van der Waals surface area contributed by atoms with Crippen molar-refractivity contribution in [2.24, 2.45) is 0 Å². The van der Waals surface area contributed by atoms with E-state index in [9.17, 15) is 19.0 Å². The lowest BCUT2D eigenvalue weighted by Gasteiger charge is -2.28. The molecule has 0 aliphatic rings.